The van der Waals surface area contributed by atoms with Crippen LogP contribution in [0.2, 0.25) is 0 Å². The molecule has 0 aliphatic heterocycles. The quantitative estimate of drug-likeness (QED) is 0.898. The van der Waals surface area contributed by atoms with Crippen LogP contribution < -0.4 is 10.6 Å². The summed E-state index contributed by atoms with van der Waals surface area (Å²) in [6, 6.07) is 0.829. The van der Waals surface area contributed by atoms with Crippen LogP contribution in [-0.4, -0.2) is 23.2 Å². The molecule has 1 aromatic heterocycles. The molecule has 1 heterocycles. The minimum Gasteiger partial charge on any atom is -0.334 e. The molecule has 4 nitrogen and oxygen atoms in total. The van der Waals surface area contributed by atoms with Crippen molar-refractivity contribution in [2.75, 3.05) is 0 Å². The van der Waals surface area contributed by atoms with Crippen LogP contribution >= 0.6 is 0 Å². The van der Waals surface area contributed by atoms with Gasteiger partial charge in [0.05, 0.1) is 0 Å². The summed E-state index contributed by atoms with van der Waals surface area (Å²) < 4.78 is 39.1. The highest BCUT2D eigenvalue weighted by atomic mass is 19.4. The van der Waals surface area contributed by atoms with Gasteiger partial charge in [0.2, 0.25) is 0 Å². The van der Waals surface area contributed by atoms with Crippen molar-refractivity contribution in [2.24, 2.45) is 5.92 Å². The number of hydrogen-bond acceptors (Lipinski definition) is 2. The molecule has 1 aliphatic rings. The number of aromatic nitrogens is 1. The lowest BCUT2D eigenvalue weighted by Gasteiger charge is -2.27. The van der Waals surface area contributed by atoms with Crippen molar-refractivity contribution in [1.29, 1.82) is 0 Å². The summed E-state index contributed by atoms with van der Waals surface area (Å²) >= 11 is 0. The van der Waals surface area contributed by atoms with E-state index in [9.17, 15) is 18.0 Å². The molecule has 1 atom stereocenters. The van der Waals surface area contributed by atoms with E-state index in [0.29, 0.717) is 12.8 Å². The second-order valence-corrected chi connectivity index (χ2v) is 5.25. The maximum atomic E-state index is 13.0. The summed E-state index contributed by atoms with van der Waals surface area (Å²) in [6.07, 6.45) is 1.31. The Labute approximate surface area is 121 Å². The lowest BCUT2D eigenvalue weighted by atomic mass is 9.98. The number of carbonyl (C=O) groups is 1. The van der Waals surface area contributed by atoms with Crippen LogP contribution in [0.15, 0.2) is 24.5 Å². The maximum Gasteiger partial charge on any atom is 0.408 e. The van der Waals surface area contributed by atoms with Crippen LogP contribution in [0.1, 0.15) is 31.2 Å². The Bertz CT molecular complexity index is 458. The van der Waals surface area contributed by atoms with Crippen molar-refractivity contribution in [3.8, 4) is 0 Å². The topological polar surface area (TPSA) is 54.0 Å². The van der Waals surface area contributed by atoms with Crippen LogP contribution in [0.3, 0.4) is 0 Å². The van der Waals surface area contributed by atoms with Crippen LogP contribution in [0.4, 0.5) is 18.0 Å². The molecule has 2 rings (SSSR count). The fourth-order valence-electron chi connectivity index (χ4n) is 2.63. The second kappa shape index (κ2) is 6.78. The van der Waals surface area contributed by atoms with E-state index in [4.69, 9.17) is 0 Å². The van der Waals surface area contributed by atoms with Gasteiger partial charge in [0, 0.05) is 18.9 Å². The first-order chi connectivity index (χ1) is 9.97. The van der Waals surface area contributed by atoms with Gasteiger partial charge in [-0.05, 0) is 36.5 Å². The van der Waals surface area contributed by atoms with Gasteiger partial charge in [-0.3, -0.25) is 4.98 Å². The summed E-state index contributed by atoms with van der Waals surface area (Å²) in [5, 5.41) is 4.53. The molecule has 0 aromatic carbocycles. The van der Waals surface area contributed by atoms with Crippen LogP contribution in [-0.2, 0) is 6.54 Å². The highest BCUT2D eigenvalue weighted by molar-refractivity contribution is 5.74. The van der Waals surface area contributed by atoms with Gasteiger partial charge in [0.25, 0.3) is 0 Å². The molecular weight excluding hydrogens is 283 g/mol. The summed E-state index contributed by atoms with van der Waals surface area (Å²) in [4.78, 5) is 15.5. The van der Waals surface area contributed by atoms with Crippen molar-refractivity contribution in [3.05, 3.63) is 30.1 Å². The number of pyridine rings is 1. The first-order valence-electron chi connectivity index (χ1n) is 6.97. The van der Waals surface area contributed by atoms with Crippen LogP contribution in [0, 0.1) is 5.92 Å². The van der Waals surface area contributed by atoms with Crippen molar-refractivity contribution in [3.63, 3.8) is 0 Å². The molecule has 0 radical (unpaired) electrons. The normalized spacial score (nSPS) is 17.5. The third-order valence-corrected chi connectivity index (χ3v) is 3.71. The zero-order valence-electron chi connectivity index (χ0n) is 11.5. The van der Waals surface area contributed by atoms with Gasteiger partial charge in [-0.25, -0.2) is 4.79 Å². The van der Waals surface area contributed by atoms with E-state index < -0.39 is 24.2 Å². The summed E-state index contributed by atoms with van der Waals surface area (Å²) in [6.45, 7) is 0.170. The van der Waals surface area contributed by atoms with Crippen LogP contribution in [0.5, 0.6) is 0 Å². The Morgan fingerprint density at radius 2 is 1.90 bits per heavy atom. The van der Waals surface area contributed by atoms with Gasteiger partial charge in [0.1, 0.15) is 6.04 Å². The van der Waals surface area contributed by atoms with E-state index in [1.54, 1.807) is 24.5 Å². The Morgan fingerprint density at radius 1 is 1.29 bits per heavy atom. The third kappa shape index (κ3) is 4.61. The zero-order valence-corrected chi connectivity index (χ0v) is 11.5. The number of urea groups is 1. The highest BCUT2D eigenvalue weighted by Gasteiger charge is 2.46. The predicted octanol–water partition coefficient (Wildman–Crippen LogP) is 3.00. The molecule has 1 aliphatic carbocycles. The van der Waals surface area contributed by atoms with Gasteiger partial charge >= 0.3 is 12.2 Å². The standard InChI is InChI=1S/C14H18F3N3O/c15-14(16,17)12(11-3-1-2-4-11)20-13(21)19-9-10-5-7-18-8-6-10/h5-8,11-12H,1-4,9H2,(H2,19,20,21). The van der Waals surface area contributed by atoms with E-state index in [2.05, 4.69) is 15.6 Å². The average molecular weight is 301 g/mol. The monoisotopic (exact) mass is 301 g/mol. The number of halogens is 3. The number of nitrogens with one attached hydrogen (secondary N) is 2. The largest absolute Gasteiger partial charge is 0.408 e. The molecule has 116 valence electrons. The van der Waals surface area contributed by atoms with Gasteiger partial charge in [-0.1, -0.05) is 12.8 Å². The molecule has 0 bridgehead atoms. The molecule has 0 spiro atoms. The Balaban J connectivity index is 1.89. The molecule has 21 heavy (non-hydrogen) atoms. The second-order valence-electron chi connectivity index (χ2n) is 5.25. The Morgan fingerprint density at radius 3 is 2.48 bits per heavy atom. The smallest absolute Gasteiger partial charge is 0.334 e. The number of rotatable bonds is 4. The number of carbonyl (C=O) groups excluding carboxylic acids is 1. The van der Waals surface area contributed by atoms with E-state index >= 15 is 0 Å². The number of amides is 2. The highest BCUT2D eigenvalue weighted by Crippen LogP contribution is 2.35. The molecule has 0 saturated heterocycles. The SMILES string of the molecule is O=C(NCc1ccncc1)NC(C1CCCC1)C(F)(F)F. The Kier molecular flexibility index (Phi) is 5.03. The minimum atomic E-state index is -4.41. The molecule has 1 fully saturated rings. The fourth-order valence-corrected chi connectivity index (χ4v) is 2.63. The third-order valence-electron chi connectivity index (χ3n) is 3.71. The van der Waals surface area contributed by atoms with Gasteiger partial charge in [0.15, 0.2) is 0 Å². The zero-order chi connectivity index (χ0) is 15.3. The molecular formula is C14H18F3N3O. The first-order valence-corrected chi connectivity index (χ1v) is 6.97. The molecule has 2 amide bonds. The maximum absolute atomic E-state index is 13.0. The van der Waals surface area contributed by atoms with E-state index in [1.165, 1.54) is 0 Å². The number of alkyl halides is 3. The van der Waals surface area contributed by atoms with Gasteiger partial charge in [-0.15, -0.1) is 0 Å². The van der Waals surface area contributed by atoms with Crippen molar-refractivity contribution < 1.29 is 18.0 Å². The van der Waals surface area contributed by atoms with Gasteiger partial charge < -0.3 is 10.6 Å². The predicted molar refractivity (Wildman–Crippen MR) is 71.4 cm³/mol. The fraction of sp³-hybridized carbons (Fsp3) is 0.571. The minimum absolute atomic E-state index is 0.170. The average Bonchev–Trinajstić information content (AvgIpc) is 2.96. The van der Waals surface area contributed by atoms with Crippen molar-refractivity contribution >= 4 is 6.03 Å². The summed E-state index contributed by atoms with van der Waals surface area (Å²) in [5.41, 5.74) is 0.782. The van der Waals surface area contributed by atoms with Crippen molar-refractivity contribution in [1.82, 2.24) is 15.6 Å². The number of hydrogen-bond donors (Lipinski definition) is 2. The molecule has 2 N–H and O–H groups in total. The first kappa shape index (κ1) is 15.6. The van der Waals surface area contributed by atoms with E-state index in [-0.39, 0.29) is 6.54 Å². The van der Waals surface area contributed by atoms with E-state index in [1.807, 2.05) is 0 Å². The summed E-state index contributed by atoms with van der Waals surface area (Å²) in [7, 11) is 0. The molecule has 1 aromatic rings. The Hall–Kier alpha value is -1.79. The molecule has 7 heteroatoms. The molecule has 1 saturated carbocycles. The van der Waals surface area contributed by atoms with E-state index in [0.717, 1.165) is 18.4 Å². The van der Waals surface area contributed by atoms with Crippen LogP contribution in [0.25, 0.3) is 0 Å². The van der Waals surface area contributed by atoms with Gasteiger partial charge in [-0.2, -0.15) is 13.2 Å². The lowest BCUT2D eigenvalue weighted by Crippen LogP contribution is -2.52. The lowest BCUT2D eigenvalue weighted by molar-refractivity contribution is -0.164. The van der Waals surface area contributed by atoms with Crippen molar-refractivity contribution in [2.45, 2.75) is 44.4 Å². The molecule has 1 unspecified atom stereocenters. The number of nitrogens with zero attached hydrogens (tertiary/aromatic N) is 1. The summed E-state index contributed by atoms with van der Waals surface area (Å²) in [5.74, 6) is -0.517.